The molecule has 120 valence electrons. The molecule has 4 nitrogen and oxygen atoms in total. The van der Waals surface area contributed by atoms with Crippen molar-refractivity contribution in [3.63, 3.8) is 0 Å². The van der Waals surface area contributed by atoms with Crippen molar-refractivity contribution in [2.45, 2.75) is 43.9 Å². The Morgan fingerprint density at radius 3 is 2.32 bits per heavy atom. The van der Waals surface area contributed by atoms with Crippen molar-refractivity contribution in [3.8, 4) is 0 Å². The van der Waals surface area contributed by atoms with Gasteiger partial charge in [-0.1, -0.05) is 43.0 Å². The molecule has 1 fully saturated rings. The van der Waals surface area contributed by atoms with E-state index in [1.165, 1.54) is 0 Å². The van der Waals surface area contributed by atoms with Crippen LogP contribution >= 0.6 is 11.6 Å². The third-order valence-corrected chi connectivity index (χ3v) is 4.77. The van der Waals surface area contributed by atoms with Crippen LogP contribution in [0.5, 0.6) is 0 Å². The van der Waals surface area contributed by atoms with Gasteiger partial charge in [0.2, 0.25) is 5.91 Å². The Hall–Kier alpha value is -1.55. The molecule has 1 aliphatic carbocycles. The number of benzene rings is 1. The van der Waals surface area contributed by atoms with Crippen molar-refractivity contribution >= 4 is 23.5 Å². The highest BCUT2D eigenvalue weighted by molar-refractivity contribution is 6.30. The second-order valence-electron chi connectivity index (χ2n) is 6.02. The van der Waals surface area contributed by atoms with Crippen molar-refractivity contribution in [1.82, 2.24) is 4.90 Å². The van der Waals surface area contributed by atoms with E-state index in [1.807, 2.05) is 24.3 Å². The monoisotopic (exact) mass is 323 g/mol. The number of carboxylic acids is 1. The van der Waals surface area contributed by atoms with Gasteiger partial charge in [-0.2, -0.15) is 0 Å². The normalized spacial score (nSPS) is 17.0. The van der Waals surface area contributed by atoms with Crippen LogP contribution in [0.2, 0.25) is 5.02 Å². The molecule has 0 radical (unpaired) electrons. The van der Waals surface area contributed by atoms with Crippen LogP contribution in [0.4, 0.5) is 0 Å². The van der Waals surface area contributed by atoms with Gasteiger partial charge in [-0.25, -0.2) is 0 Å². The number of halogens is 1. The zero-order valence-corrected chi connectivity index (χ0v) is 13.6. The van der Waals surface area contributed by atoms with Crippen molar-refractivity contribution < 1.29 is 14.7 Å². The predicted octanol–water partition coefficient (Wildman–Crippen LogP) is 3.48. The summed E-state index contributed by atoms with van der Waals surface area (Å²) in [5.41, 5.74) is 0.458. The third kappa shape index (κ3) is 3.61. The van der Waals surface area contributed by atoms with Gasteiger partial charge in [-0.05, 0) is 30.5 Å². The summed E-state index contributed by atoms with van der Waals surface area (Å²) in [5, 5.41) is 9.47. The maximum Gasteiger partial charge on any atom is 0.305 e. The van der Waals surface area contributed by atoms with Crippen LogP contribution in [0.3, 0.4) is 0 Å². The third-order valence-electron chi connectivity index (χ3n) is 4.52. The molecule has 2 rings (SSSR count). The molecule has 1 aromatic rings. The molecule has 1 saturated carbocycles. The lowest BCUT2D eigenvalue weighted by Crippen LogP contribution is -2.47. The number of aliphatic carboxylic acids is 1. The van der Waals surface area contributed by atoms with Crippen LogP contribution in [0.1, 0.15) is 44.1 Å². The van der Waals surface area contributed by atoms with E-state index in [0.29, 0.717) is 5.02 Å². The summed E-state index contributed by atoms with van der Waals surface area (Å²) in [7, 11) is 1.69. The van der Waals surface area contributed by atoms with Crippen molar-refractivity contribution in [3.05, 3.63) is 34.9 Å². The molecule has 5 heteroatoms. The molecule has 1 N–H and O–H groups in total. The van der Waals surface area contributed by atoms with Gasteiger partial charge in [-0.15, -0.1) is 0 Å². The van der Waals surface area contributed by atoms with E-state index < -0.39 is 11.4 Å². The highest BCUT2D eigenvalue weighted by Gasteiger charge is 2.42. The van der Waals surface area contributed by atoms with Gasteiger partial charge < -0.3 is 10.0 Å². The van der Waals surface area contributed by atoms with Gasteiger partial charge in [0.25, 0.3) is 0 Å². The lowest BCUT2D eigenvalue weighted by atomic mass is 9.68. The number of carbonyl (C=O) groups excluding carboxylic acids is 1. The van der Waals surface area contributed by atoms with Crippen LogP contribution in [-0.2, 0) is 15.0 Å². The van der Waals surface area contributed by atoms with Crippen LogP contribution in [0.25, 0.3) is 0 Å². The molecule has 1 amide bonds. The Morgan fingerprint density at radius 2 is 1.77 bits per heavy atom. The fourth-order valence-electron chi connectivity index (χ4n) is 3.28. The minimum atomic E-state index is -0.885. The van der Waals surface area contributed by atoms with Crippen LogP contribution in [-0.4, -0.2) is 35.5 Å². The minimum absolute atomic E-state index is 0.0239. The Labute approximate surface area is 136 Å². The first-order chi connectivity index (χ1) is 10.5. The van der Waals surface area contributed by atoms with Crippen LogP contribution in [0, 0.1) is 0 Å². The number of hydrogen-bond acceptors (Lipinski definition) is 2. The summed E-state index contributed by atoms with van der Waals surface area (Å²) >= 11 is 5.96. The van der Waals surface area contributed by atoms with E-state index >= 15 is 0 Å². The summed E-state index contributed by atoms with van der Waals surface area (Å²) in [4.78, 5) is 25.3. The highest BCUT2D eigenvalue weighted by Crippen LogP contribution is 2.41. The molecule has 22 heavy (non-hydrogen) atoms. The molecule has 0 saturated heterocycles. The van der Waals surface area contributed by atoms with E-state index in [1.54, 1.807) is 11.9 Å². The van der Waals surface area contributed by atoms with E-state index in [0.717, 1.165) is 37.7 Å². The van der Waals surface area contributed by atoms with Crippen molar-refractivity contribution in [1.29, 1.82) is 0 Å². The number of amides is 1. The van der Waals surface area contributed by atoms with E-state index in [-0.39, 0.29) is 18.9 Å². The maximum atomic E-state index is 13.0. The number of carbonyl (C=O) groups is 2. The molecular weight excluding hydrogens is 302 g/mol. The summed E-state index contributed by atoms with van der Waals surface area (Å²) < 4.78 is 0. The average molecular weight is 324 g/mol. The van der Waals surface area contributed by atoms with Gasteiger partial charge >= 0.3 is 5.97 Å². The second-order valence-corrected chi connectivity index (χ2v) is 6.46. The fourth-order valence-corrected chi connectivity index (χ4v) is 3.41. The van der Waals surface area contributed by atoms with Crippen LogP contribution < -0.4 is 0 Å². The molecule has 0 unspecified atom stereocenters. The van der Waals surface area contributed by atoms with E-state index in [9.17, 15) is 9.59 Å². The quantitative estimate of drug-likeness (QED) is 0.902. The molecule has 0 bridgehead atoms. The predicted molar refractivity (Wildman–Crippen MR) is 86.1 cm³/mol. The number of likely N-dealkylation sites (N-methyl/N-ethyl adjacent to an activating group) is 1. The number of carboxylic acid groups (broad SMARTS) is 1. The summed E-state index contributed by atoms with van der Waals surface area (Å²) in [6.07, 6.45) is 4.76. The lowest BCUT2D eigenvalue weighted by molar-refractivity contribution is -0.140. The summed E-state index contributed by atoms with van der Waals surface area (Å²) in [6.45, 7) is 0.240. The average Bonchev–Trinajstić information content (AvgIpc) is 2.53. The topological polar surface area (TPSA) is 57.6 Å². The lowest BCUT2D eigenvalue weighted by Gasteiger charge is -2.39. The molecule has 0 aromatic heterocycles. The van der Waals surface area contributed by atoms with Gasteiger partial charge in [0.05, 0.1) is 11.8 Å². The second kappa shape index (κ2) is 7.14. The standard InChI is InChI=1S/C17H22ClNO3/c1-19(12-9-15(20)21)16(22)17(10-3-2-4-11-17)13-5-7-14(18)8-6-13/h5-8H,2-4,9-12H2,1H3,(H,20,21). The largest absolute Gasteiger partial charge is 0.481 e. The first-order valence-corrected chi connectivity index (χ1v) is 8.07. The zero-order valence-electron chi connectivity index (χ0n) is 12.8. The number of rotatable bonds is 5. The van der Waals surface area contributed by atoms with Gasteiger partial charge in [-0.3, -0.25) is 9.59 Å². The van der Waals surface area contributed by atoms with Gasteiger partial charge in [0.15, 0.2) is 0 Å². The zero-order chi connectivity index (χ0) is 16.2. The smallest absolute Gasteiger partial charge is 0.305 e. The number of hydrogen-bond donors (Lipinski definition) is 1. The van der Waals surface area contributed by atoms with Gasteiger partial charge in [0, 0.05) is 18.6 Å². The molecule has 0 aliphatic heterocycles. The van der Waals surface area contributed by atoms with E-state index in [2.05, 4.69) is 0 Å². The molecule has 0 atom stereocenters. The Morgan fingerprint density at radius 1 is 1.18 bits per heavy atom. The van der Waals surface area contributed by atoms with Crippen LogP contribution in [0.15, 0.2) is 24.3 Å². The molecule has 1 aromatic carbocycles. The Kier molecular flexibility index (Phi) is 5.46. The first kappa shape index (κ1) is 16.8. The Bertz CT molecular complexity index is 535. The van der Waals surface area contributed by atoms with E-state index in [4.69, 9.17) is 16.7 Å². The highest BCUT2D eigenvalue weighted by atomic mass is 35.5. The molecular formula is C17H22ClNO3. The minimum Gasteiger partial charge on any atom is -0.481 e. The Balaban J connectivity index is 2.26. The first-order valence-electron chi connectivity index (χ1n) is 7.69. The molecule has 0 heterocycles. The number of nitrogens with zero attached hydrogens (tertiary/aromatic N) is 1. The molecule has 1 aliphatic rings. The fraction of sp³-hybridized carbons (Fsp3) is 0.529. The maximum absolute atomic E-state index is 13.0. The van der Waals surface area contributed by atoms with Gasteiger partial charge in [0.1, 0.15) is 0 Å². The van der Waals surface area contributed by atoms with Crippen molar-refractivity contribution in [2.24, 2.45) is 0 Å². The van der Waals surface area contributed by atoms with Crippen molar-refractivity contribution in [2.75, 3.05) is 13.6 Å². The molecule has 0 spiro atoms. The SMILES string of the molecule is CN(CCC(=O)O)C(=O)C1(c2ccc(Cl)cc2)CCCCC1. The summed E-state index contributed by atoms with van der Waals surface area (Å²) in [6, 6.07) is 7.49. The summed E-state index contributed by atoms with van der Waals surface area (Å²) in [5.74, 6) is -0.861.